The number of aryl methyl sites for hydroxylation is 2. The molecular weight excluding hydrogens is 345 g/mol. The Morgan fingerprint density at radius 2 is 2.06 bits per heavy atom. The van der Waals surface area contributed by atoms with Crippen LogP contribution in [0.2, 0.25) is 0 Å². The Bertz CT molecular complexity index is 495. The van der Waals surface area contributed by atoms with Crippen LogP contribution in [-0.2, 0) is 13.0 Å². The zero-order valence-corrected chi connectivity index (χ0v) is 13.5. The van der Waals surface area contributed by atoms with Gasteiger partial charge in [0.05, 0.1) is 13.2 Å². The summed E-state index contributed by atoms with van der Waals surface area (Å²) in [6.07, 6.45) is 2.36. The molecule has 0 unspecified atom stereocenters. The van der Waals surface area contributed by atoms with E-state index in [-0.39, 0.29) is 24.0 Å². The lowest BCUT2D eigenvalue weighted by Gasteiger charge is -1.97. The minimum absolute atomic E-state index is 0. The summed E-state index contributed by atoms with van der Waals surface area (Å²) in [5.74, 6) is 0.940. The van der Waals surface area contributed by atoms with Gasteiger partial charge in [0, 0.05) is 6.42 Å². The van der Waals surface area contributed by atoms with Crippen molar-refractivity contribution < 1.29 is 33.3 Å². The van der Waals surface area contributed by atoms with Crippen LogP contribution in [0.5, 0.6) is 5.75 Å². The number of aromatic nitrogens is 1. The summed E-state index contributed by atoms with van der Waals surface area (Å²) in [5.41, 5.74) is 1.30. The SMILES string of the molecule is CCCc1sc2ccc(OC)cc2[n+]1CC.[I-]. The van der Waals surface area contributed by atoms with E-state index in [1.165, 1.54) is 21.6 Å². The number of fused-ring (bicyclic) bond motifs is 1. The van der Waals surface area contributed by atoms with Gasteiger partial charge in [0.1, 0.15) is 17.0 Å². The number of hydrogen-bond donors (Lipinski definition) is 0. The van der Waals surface area contributed by atoms with Crippen LogP contribution in [-0.4, -0.2) is 7.11 Å². The summed E-state index contributed by atoms with van der Waals surface area (Å²) >= 11 is 1.90. The van der Waals surface area contributed by atoms with Gasteiger partial charge in [-0.25, -0.2) is 0 Å². The minimum Gasteiger partial charge on any atom is -1.00 e. The highest BCUT2D eigenvalue weighted by atomic mass is 127. The summed E-state index contributed by atoms with van der Waals surface area (Å²) in [5, 5.41) is 1.47. The van der Waals surface area contributed by atoms with Crippen molar-refractivity contribution in [3.63, 3.8) is 0 Å². The second-order valence-corrected chi connectivity index (χ2v) is 4.94. The highest BCUT2D eigenvalue weighted by molar-refractivity contribution is 7.18. The van der Waals surface area contributed by atoms with Crippen molar-refractivity contribution in [3.05, 3.63) is 23.2 Å². The number of halogens is 1. The average Bonchev–Trinajstić information content (AvgIpc) is 2.65. The monoisotopic (exact) mass is 363 g/mol. The van der Waals surface area contributed by atoms with Gasteiger partial charge in [-0.15, -0.1) is 0 Å². The van der Waals surface area contributed by atoms with Crippen LogP contribution in [0.25, 0.3) is 10.2 Å². The Labute approximate surface area is 124 Å². The van der Waals surface area contributed by atoms with Crippen molar-refractivity contribution >= 4 is 21.6 Å². The molecule has 2 rings (SSSR count). The molecule has 2 aromatic rings. The first-order valence-electron chi connectivity index (χ1n) is 5.79. The minimum atomic E-state index is 0. The fraction of sp³-hybridized carbons (Fsp3) is 0.462. The van der Waals surface area contributed by atoms with E-state index in [9.17, 15) is 0 Å². The first-order chi connectivity index (χ1) is 7.80. The van der Waals surface area contributed by atoms with Gasteiger partial charge in [0.15, 0.2) is 0 Å². The Morgan fingerprint density at radius 1 is 1.29 bits per heavy atom. The molecule has 0 saturated heterocycles. The highest BCUT2D eigenvalue weighted by Gasteiger charge is 2.18. The van der Waals surface area contributed by atoms with Gasteiger partial charge in [-0.05, 0) is 25.5 Å². The molecular formula is C13H18INOS. The fourth-order valence-electron chi connectivity index (χ4n) is 1.98. The van der Waals surface area contributed by atoms with E-state index in [0.29, 0.717) is 0 Å². The van der Waals surface area contributed by atoms with Gasteiger partial charge in [0.2, 0.25) is 10.5 Å². The third-order valence-electron chi connectivity index (χ3n) is 2.77. The van der Waals surface area contributed by atoms with E-state index < -0.39 is 0 Å². The van der Waals surface area contributed by atoms with Crippen molar-refractivity contribution in [2.24, 2.45) is 0 Å². The van der Waals surface area contributed by atoms with Crippen LogP contribution < -0.4 is 33.3 Å². The van der Waals surface area contributed by atoms with Gasteiger partial charge < -0.3 is 28.7 Å². The molecule has 1 aromatic carbocycles. The summed E-state index contributed by atoms with van der Waals surface area (Å²) in [6, 6.07) is 6.33. The maximum atomic E-state index is 5.28. The van der Waals surface area contributed by atoms with Crippen LogP contribution in [0.15, 0.2) is 18.2 Å². The van der Waals surface area contributed by atoms with Crippen LogP contribution in [0.1, 0.15) is 25.3 Å². The molecule has 0 saturated carbocycles. The smallest absolute Gasteiger partial charge is 0.238 e. The number of hydrogen-bond acceptors (Lipinski definition) is 2. The van der Waals surface area contributed by atoms with E-state index in [1.807, 2.05) is 17.4 Å². The molecule has 4 heteroatoms. The predicted molar refractivity (Wildman–Crippen MR) is 68.2 cm³/mol. The number of rotatable bonds is 4. The Balaban J connectivity index is 0.00000144. The van der Waals surface area contributed by atoms with E-state index in [2.05, 4.69) is 30.5 Å². The van der Waals surface area contributed by atoms with Crippen molar-refractivity contribution in [2.45, 2.75) is 33.2 Å². The average molecular weight is 363 g/mol. The zero-order chi connectivity index (χ0) is 11.5. The van der Waals surface area contributed by atoms with E-state index in [0.717, 1.165) is 18.7 Å². The maximum absolute atomic E-state index is 5.28. The molecule has 0 bridgehead atoms. The molecule has 0 N–H and O–H groups in total. The van der Waals surface area contributed by atoms with Crippen molar-refractivity contribution in [1.82, 2.24) is 0 Å². The normalized spacial score (nSPS) is 10.3. The topological polar surface area (TPSA) is 13.1 Å². The van der Waals surface area contributed by atoms with E-state index in [4.69, 9.17) is 4.74 Å². The number of nitrogens with zero attached hydrogens (tertiary/aromatic N) is 1. The molecule has 1 heterocycles. The van der Waals surface area contributed by atoms with Crippen LogP contribution in [0.4, 0.5) is 0 Å². The number of ether oxygens (including phenoxy) is 1. The molecule has 94 valence electrons. The first-order valence-corrected chi connectivity index (χ1v) is 6.61. The first kappa shape index (κ1) is 14.7. The lowest BCUT2D eigenvalue weighted by molar-refractivity contribution is -0.670. The predicted octanol–water partition coefficient (Wildman–Crippen LogP) is 0.174. The number of thiazole rings is 1. The molecule has 0 atom stereocenters. The molecule has 0 aliphatic rings. The highest BCUT2D eigenvalue weighted by Crippen LogP contribution is 2.25. The van der Waals surface area contributed by atoms with Gasteiger partial charge in [-0.2, -0.15) is 4.57 Å². The lowest BCUT2D eigenvalue weighted by Crippen LogP contribution is -3.00. The van der Waals surface area contributed by atoms with Crippen LogP contribution in [0.3, 0.4) is 0 Å². The molecule has 17 heavy (non-hydrogen) atoms. The van der Waals surface area contributed by atoms with Gasteiger partial charge in [-0.1, -0.05) is 18.3 Å². The Hall–Kier alpha value is -0.360. The maximum Gasteiger partial charge on any atom is 0.238 e. The number of benzene rings is 1. The van der Waals surface area contributed by atoms with Crippen LogP contribution >= 0.6 is 11.3 Å². The van der Waals surface area contributed by atoms with Gasteiger partial charge in [0.25, 0.3) is 0 Å². The molecule has 0 radical (unpaired) electrons. The van der Waals surface area contributed by atoms with E-state index in [1.54, 1.807) is 7.11 Å². The zero-order valence-electron chi connectivity index (χ0n) is 10.5. The standard InChI is InChI=1S/C13H18NOS.HI/c1-4-6-13-14(5-2)11-9-10(15-3)7-8-12(11)16-13;/h7-9H,4-6H2,1-3H3;1H/q+1;/p-1. The number of methoxy groups -OCH3 is 1. The van der Waals surface area contributed by atoms with Crippen molar-refractivity contribution in [2.75, 3.05) is 7.11 Å². The molecule has 2 nitrogen and oxygen atoms in total. The summed E-state index contributed by atoms with van der Waals surface area (Å²) in [4.78, 5) is 0. The Morgan fingerprint density at radius 3 is 2.65 bits per heavy atom. The molecule has 0 fully saturated rings. The second-order valence-electron chi connectivity index (χ2n) is 3.82. The third kappa shape index (κ3) is 2.91. The van der Waals surface area contributed by atoms with Crippen LogP contribution in [0, 0.1) is 0 Å². The molecule has 0 aliphatic carbocycles. The Kier molecular flexibility index (Phi) is 5.66. The summed E-state index contributed by atoms with van der Waals surface area (Å²) < 4.78 is 9.03. The second kappa shape index (κ2) is 6.54. The summed E-state index contributed by atoms with van der Waals surface area (Å²) in [6.45, 7) is 5.46. The quantitative estimate of drug-likeness (QED) is 0.558. The lowest BCUT2D eigenvalue weighted by atomic mass is 10.3. The van der Waals surface area contributed by atoms with E-state index >= 15 is 0 Å². The van der Waals surface area contributed by atoms with Gasteiger partial charge in [-0.3, -0.25) is 0 Å². The van der Waals surface area contributed by atoms with Crippen molar-refractivity contribution in [1.29, 1.82) is 0 Å². The van der Waals surface area contributed by atoms with Gasteiger partial charge >= 0.3 is 0 Å². The summed E-state index contributed by atoms with van der Waals surface area (Å²) in [7, 11) is 1.72. The van der Waals surface area contributed by atoms with Crippen molar-refractivity contribution in [3.8, 4) is 5.75 Å². The molecule has 1 aromatic heterocycles. The largest absolute Gasteiger partial charge is 1.00 e. The molecule has 0 amide bonds. The molecule has 0 spiro atoms. The molecule has 0 aliphatic heterocycles. The fourth-order valence-corrected chi connectivity index (χ4v) is 3.29. The third-order valence-corrected chi connectivity index (χ3v) is 3.99.